The van der Waals surface area contributed by atoms with Gasteiger partial charge < -0.3 is 10.2 Å². The molecule has 0 saturated carbocycles. The third-order valence-electron chi connectivity index (χ3n) is 3.36. The summed E-state index contributed by atoms with van der Waals surface area (Å²) in [5, 5.41) is 2.77. The molecule has 1 rings (SSSR count). The molecule has 1 N–H and O–H groups in total. The SMILES string of the molecule is CC(C)C1C(=O)NC(C)(C)C(=O)N1C(C)CS(C)=O. The summed E-state index contributed by atoms with van der Waals surface area (Å²) >= 11 is 0. The van der Waals surface area contributed by atoms with Crippen LogP contribution in [0.15, 0.2) is 0 Å². The number of nitrogens with zero attached hydrogens (tertiary/aromatic N) is 1. The van der Waals surface area contributed by atoms with Crippen LogP contribution in [-0.4, -0.2) is 50.6 Å². The smallest absolute Gasteiger partial charge is 0.248 e. The van der Waals surface area contributed by atoms with Crippen LogP contribution in [0, 0.1) is 5.92 Å². The van der Waals surface area contributed by atoms with Crippen molar-refractivity contribution in [3.63, 3.8) is 0 Å². The highest BCUT2D eigenvalue weighted by atomic mass is 32.2. The maximum Gasteiger partial charge on any atom is 0.248 e. The average Bonchev–Trinajstić information content (AvgIpc) is 2.20. The van der Waals surface area contributed by atoms with Gasteiger partial charge in [-0.25, -0.2) is 0 Å². The molecule has 0 radical (unpaired) electrons. The Hall–Kier alpha value is -0.910. The van der Waals surface area contributed by atoms with Gasteiger partial charge in [-0.2, -0.15) is 0 Å². The Bertz CT molecular complexity index is 407. The molecule has 6 heteroatoms. The Morgan fingerprint density at radius 1 is 1.32 bits per heavy atom. The van der Waals surface area contributed by atoms with Crippen LogP contribution in [0.5, 0.6) is 0 Å². The van der Waals surface area contributed by atoms with Crippen LogP contribution in [0.1, 0.15) is 34.6 Å². The van der Waals surface area contributed by atoms with Gasteiger partial charge in [-0.05, 0) is 26.7 Å². The molecule has 1 aliphatic rings. The lowest BCUT2D eigenvalue weighted by Crippen LogP contribution is -2.71. The van der Waals surface area contributed by atoms with E-state index in [-0.39, 0.29) is 23.8 Å². The minimum Gasteiger partial charge on any atom is -0.340 e. The van der Waals surface area contributed by atoms with E-state index < -0.39 is 22.4 Å². The van der Waals surface area contributed by atoms with E-state index in [1.807, 2.05) is 20.8 Å². The minimum atomic E-state index is -1.00. The van der Waals surface area contributed by atoms with Crippen LogP contribution in [0.25, 0.3) is 0 Å². The monoisotopic (exact) mass is 288 g/mol. The number of carbonyl (C=O) groups excluding carboxylic acids is 2. The summed E-state index contributed by atoms with van der Waals surface area (Å²) in [5.41, 5.74) is -0.897. The highest BCUT2D eigenvalue weighted by Gasteiger charge is 2.47. The second-order valence-corrected chi connectivity index (χ2v) is 7.58. The molecule has 110 valence electrons. The highest BCUT2D eigenvalue weighted by molar-refractivity contribution is 7.84. The zero-order valence-corrected chi connectivity index (χ0v) is 13.3. The van der Waals surface area contributed by atoms with Crippen molar-refractivity contribution in [3.8, 4) is 0 Å². The summed E-state index contributed by atoms with van der Waals surface area (Å²) < 4.78 is 11.4. The van der Waals surface area contributed by atoms with Crippen molar-refractivity contribution >= 4 is 22.6 Å². The Balaban J connectivity index is 3.13. The molecule has 3 atom stereocenters. The van der Waals surface area contributed by atoms with Gasteiger partial charge in [-0.15, -0.1) is 0 Å². The van der Waals surface area contributed by atoms with Crippen LogP contribution < -0.4 is 5.32 Å². The molecule has 0 aromatic rings. The van der Waals surface area contributed by atoms with E-state index in [4.69, 9.17) is 0 Å². The van der Waals surface area contributed by atoms with Crippen molar-refractivity contribution in [2.75, 3.05) is 12.0 Å². The van der Waals surface area contributed by atoms with Crippen molar-refractivity contribution in [2.24, 2.45) is 5.92 Å². The summed E-state index contributed by atoms with van der Waals surface area (Å²) in [6.45, 7) is 9.08. The molecule has 5 nitrogen and oxygen atoms in total. The van der Waals surface area contributed by atoms with Crippen LogP contribution in [0.3, 0.4) is 0 Å². The molecule has 0 aromatic heterocycles. The molecule has 1 aliphatic heterocycles. The first-order valence-electron chi connectivity index (χ1n) is 6.52. The summed E-state index contributed by atoms with van der Waals surface area (Å²) in [4.78, 5) is 26.4. The molecule has 0 aromatic carbocycles. The first-order chi connectivity index (χ1) is 8.58. The lowest BCUT2D eigenvalue weighted by molar-refractivity contribution is -0.157. The number of nitrogens with one attached hydrogen (secondary N) is 1. The molecular weight excluding hydrogens is 264 g/mol. The fraction of sp³-hybridized carbons (Fsp3) is 0.846. The zero-order valence-electron chi connectivity index (χ0n) is 12.5. The standard InChI is InChI=1S/C13H24N2O3S/c1-8(2)10-11(16)14-13(4,5)12(17)15(10)9(3)7-19(6)18/h8-10H,7H2,1-6H3,(H,14,16). The van der Waals surface area contributed by atoms with Crippen molar-refractivity contribution in [1.82, 2.24) is 10.2 Å². The van der Waals surface area contributed by atoms with Gasteiger partial charge in [0.2, 0.25) is 11.8 Å². The first kappa shape index (κ1) is 16.1. The molecule has 1 saturated heterocycles. The first-order valence-corrected chi connectivity index (χ1v) is 8.25. The van der Waals surface area contributed by atoms with Crippen molar-refractivity contribution in [1.29, 1.82) is 0 Å². The fourth-order valence-corrected chi connectivity index (χ4v) is 3.37. The van der Waals surface area contributed by atoms with E-state index in [1.54, 1.807) is 25.0 Å². The molecular formula is C13H24N2O3S. The number of carbonyl (C=O) groups is 2. The molecule has 2 amide bonds. The number of piperazine rings is 1. The summed E-state index contributed by atoms with van der Waals surface area (Å²) in [7, 11) is -1.00. The maximum absolute atomic E-state index is 12.5. The van der Waals surface area contributed by atoms with Crippen molar-refractivity contribution in [3.05, 3.63) is 0 Å². The van der Waals surface area contributed by atoms with E-state index in [2.05, 4.69) is 5.32 Å². The molecule has 19 heavy (non-hydrogen) atoms. The van der Waals surface area contributed by atoms with E-state index in [9.17, 15) is 13.8 Å². The second kappa shape index (κ2) is 5.61. The van der Waals surface area contributed by atoms with E-state index in [1.165, 1.54) is 0 Å². The normalized spacial score (nSPS) is 26.3. The molecule has 0 spiro atoms. The van der Waals surface area contributed by atoms with Gasteiger partial charge in [0.15, 0.2) is 0 Å². The average molecular weight is 288 g/mol. The highest BCUT2D eigenvalue weighted by Crippen LogP contribution is 2.25. The predicted molar refractivity (Wildman–Crippen MR) is 76.1 cm³/mol. The number of hydrogen-bond donors (Lipinski definition) is 1. The fourth-order valence-electron chi connectivity index (χ4n) is 2.53. The number of hydrogen-bond acceptors (Lipinski definition) is 3. The lowest BCUT2D eigenvalue weighted by Gasteiger charge is -2.47. The number of amides is 2. The van der Waals surface area contributed by atoms with Gasteiger partial charge >= 0.3 is 0 Å². The molecule has 1 heterocycles. The zero-order chi connectivity index (χ0) is 15.0. The van der Waals surface area contributed by atoms with Crippen LogP contribution in [-0.2, 0) is 20.4 Å². The second-order valence-electron chi connectivity index (χ2n) is 6.10. The summed E-state index contributed by atoms with van der Waals surface area (Å²) in [6.07, 6.45) is 1.61. The van der Waals surface area contributed by atoms with E-state index >= 15 is 0 Å². The van der Waals surface area contributed by atoms with E-state index in [0.717, 1.165) is 0 Å². The molecule has 0 aliphatic carbocycles. The van der Waals surface area contributed by atoms with E-state index in [0.29, 0.717) is 5.75 Å². The lowest BCUT2D eigenvalue weighted by atomic mass is 9.90. The number of rotatable bonds is 4. The third kappa shape index (κ3) is 3.35. The van der Waals surface area contributed by atoms with Gasteiger partial charge in [0.1, 0.15) is 11.6 Å². The Morgan fingerprint density at radius 3 is 2.26 bits per heavy atom. The van der Waals surface area contributed by atoms with Crippen LogP contribution >= 0.6 is 0 Å². The molecule has 3 unspecified atom stereocenters. The topological polar surface area (TPSA) is 66.5 Å². The van der Waals surface area contributed by atoms with Gasteiger partial charge in [0.05, 0.1) is 0 Å². The maximum atomic E-state index is 12.5. The van der Waals surface area contributed by atoms with Crippen LogP contribution in [0.4, 0.5) is 0 Å². The van der Waals surface area contributed by atoms with Gasteiger partial charge in [0.25, 0.3) is 0 Å². The van der Waals surface area contributed by atoms with Crippen molar-refractivity contribution < 1.29 is 13.8 Å². The molecule has 1 fully saturated rings. The van der Waals surface area contributed by atoms with Crippen LogP contribution in [0.2, 0.25) is 0 Å². The van der Waals surface area contributed by atoms with Gasteiger partial charge in [0, 0.05) is 28.9 Å². The predicted octanol–water partition coefficient (Wildman–Crippen LogP) is 0.515. The van der Waals surface area contributed by atoms with Crippen molar-refractivity contribution in [2.45, 2.75) is 52.2 Å². The molecule has 0 bridgehead atoms. The summed E-state index contributed by atoms with van der Waals surface area (Å²) in [6, 6.07) is -0.699. The minimum absolute atomic E-state index is 0.0211. The Morgan fingerprint density at radius 2 is 1.84 bits per heavy atom. The Labute approximate surface area is 117 Å². The summed E-state index contributed by atoms with van der Waals surface area (Å²) in [5.74, 6) is 0.170. The van der Waals surface area contributed by atoms with Gasteiger partial charge in [-0.1, -0.05) is 13.8 Å². The van der Waals surface area contributed by atoms with Gasteiger partial charge in [-0.3, -0.25) is 13.8 Å². The third-order valence-corrected chi connectivity index (χ3v) is 4.31. The Kier molecular flexibility index (Phi) is 4.76. The largest absolute Gasteiger partial charge is 0.340 e. The quantitative estimate of drug-likeness (QED) is 0.820.